The van der Waals surface area contributed by atoms with E-state index in [4.69, 9.17) is 16.3 Å². The number of sulfonamides is 1. The van der Waals surface area contributed by atoms with Crippen molar-refractivity contribution in [3.8, 4) is 0 Å². The number of hydrogen-bond acceptors (Lipinski definition) is 5. The van der Waals surface area contributed by atoms with Gasteiger partial charge in [0.25, 0.3) is 0 Å². The predicted molar refractivity (Wildman–Crippen MR) is 112 cm³/mol. The second-order valence-corrected chi connectivity index (χ2v) is 8.85. The van der Waals surface area contributed by atoms with Gasteiger partial charge < -0.3 is 10.1 Å². The molecule has 0 aromatic heterocycles. The lowest BCUT2D eigenvalue weighted by Crippen LogP contribution is -2.37. The smallest absolute Gasteiger partial charge is 0.339 e. The first-order valence-electron chi connectivity index (χ1n) is 8.12. The number of halogens is 2. The highest BCUT2D eigenvalue weighted by Crippen LogP contribution is 2.28. The molecule has 2 aromatic carbocycles. The highest BCUT2D eigenvalue weighted by Gasteiger charge is 2.23. The van der Waals surface area contributed by atoms with Crippen molar-refractivity contribution in [3.05, 3.63) is 57.5 Å². The van der Waals surface area contributed by atoms with E-state index in [0.29, 0.717) is 10.2 Å². The molecule has 0 aliphatic carbocycles. The van der Waals surface area contributed by atoms with Crippen molar-refractivity contribution in [2.45, 2.75) is 6.92 Å². The maximum absolute atomic E-state index is 12.5. The lowest BCUT2D eigenvalue weighted by Gasteiger charge is -2.23. The molecule has 0 saturated carbocycles. The molecule has 10 heteroatoms. The summed E-state index contributed by atoms with van der Waals surface area (Å²) in [6, 6.07) is 11.0. The highest BCUT2D eigenvalue weighted by molar-refractivity contribution is 9.10. The second-order valence-electron chi connectivity index (χ2n) is 5.68. The molecular weight excluding hydrogens is 472 g/mol. The standard InChI is InChI=1S/C18H18BrClN2O5S/c1-3-27-18(24)13-10-12(8-9-15(13)20)21-17(23)11-22(28(2,25)26)16-7-5-4-6-14(16)19/h4-10H,3,11H2,1-2H3,(H,21,23). The summed E-state index contributed by atoms with van der Waals surface area (Å²) >= 11 is 9.29. The van der Waals surface area contributed by atoms with E-state index in [1.54, 1.807) is 31.2 Å². The van der Waals surface area contributed by atoms with Crippen LogP contribution < -0.4 is 9.62 Å². The van der Waals surface area contributed by atoms with Crippen molar-refractivity contribution < 1.29 is 22.7 Å². The molecule has 1 N–H and O–H groups in total. The summed E-state index contributed by atoms with van der Waals surface area (Å²) in [5.74, 6) is -1.20. The predicted octanol–water partition coefficient (Wildman–Crippen LogP) is 3.68. The van der Waals surface area contributed by atoms with Gasteiger partial charge >= 0.3 is 5.97 Å². The van der Waals surface area contributed by atoms with Crippen molar-refractivity contribution in [2.24, 2.45) is 0 Å². The fourth-order valence-electron chi connectivity index (χ4n) is 2.33. The Bertz CT molecular complexity index is 997. The summed E-state index contributed by atoms with van der Waals surface area (Å²) in [5, 5.41) is 2.75. The topological polar surface area (TPSA) is 92.8 Å². The first-order chi connectivity index (χ1) is 13.1. The van der Waals surface area contributed by atoms with Gasteiger partial charge in [-0.25, -0.2) is 13.2 Å². The Hall–Kier alpha value is -2.10. The average molecular weight is 490 g/mol. The molecule has 0 spiro atoms. The minimum atomic E-state index is -3.72. The summed E-state index contributed by atoms with van der Waals surface area (Å²) in [6.07, 6.45) is 1.01. The minimum absolute atomic E-state index is 0.104. The summed E-state index contributed by atoms with van der Waals surface area (Å²) in [7, 11) is -3.72. The first kappa shape index (κ1) is 22.2. The van der Waals surface area contributed by atoms with Crippen molar-refractivity contribution in [1.29, 1.82) is 0 Å². The van der Waals surface area contributed by atoms with Gasteiger partial charge in [-0.15, -0.1) is 0 Å². The van der Waals surface area contributed by atoms with Crippen LogP contribution in [0.3, 0.4) is 0 Å². The van der Waals surface area contributed by atoms with Crippen LogP contribution in [-0.2, 0) is 19.6 Å². The number of esters is 1. The van der Waals surface area contributed by atoms with Gasteiger partial charge in [0.1, 0.15) is 6.54 Å². The lowest BCUT2D eigenvalue weighted by molar-refractivity contribution is -0.114. The van der Waals surface area contributed by atoms with Crippen molar-refractivity contribution >= 4 is 60.8 Å². The molecule has 1 amide bonds. The van der Waals surface area contributed by atoms with Gasteiger partial charge in [-0.3, -0.25) is 9.10 Å². The van der Waals surface area contributed by atoms with Crippen molar-refractivity contribution in [2.75, 3.05) is 29.0 Å². The zero-order valence-corrected chi connectivity index (χ0v) is 18.3. The van der Waals surface area contributed by atoms with Gasteiger partial charge in [0.15, 0.2) is 0 Å². The Morgan fingerprint density at radius 1 is 1.21 bits per heavy atom. The average Bonchev–Trinajstić information content (AvgIpc) is 2.61. The van der Waals surface area contributed by atoms with E-state index in [2.05, 4.69) is 21.2 Å². The Labute approximate surface area is 176 Å². The van der Waals surface area contributed by atoms with E-state index in [1.807, 2.05) is 0 Å². The number of amides is 1. The van der Waals surface area contributed by atoms with E-state index in [0.717, 1.165) is 10.6 Å². The molecule has 7 nitrogen and oxygen atoms in total. The number of hydrogen-bond donors (Lipinski definition) is 1. The third-order valence-corrected chi connectivity index (χ3v) is 5.68. The summed E-state index contributed by atoms with van der Waals surface area (Å²) in [5.41, 5.74) is 0.730. The zero-order chi connectivity index (χ0) is 20.9. The number of nitrogens with zero attached hydrogens (tertiary/aromatic N) is 1. The number of carbonyl (C=O) groups excluding carboxylic acids is 2. The van der Waals surface area contributed by atoms with Crippen LogP contribution in [-0.4, -0.2) is 39.7 Å². The number of para-hydroxylation sites is 1. The van der Waals surface area contributed by atoms with Crippen LogP contribution in [0, 0.1) is 0 Å². The molecule has 0 unspecified atom stereocenters. The van der Waals surface area contributed by atoms with E-state index in [9.17, 15) is 18.0 Å². The highest BCUT2D eigenvalue weighted by atomic mass is 79.9. The fourth-order valence-corrected chi connectivity index (χ4v) is 4.01. The molecule has 0 atom stereocenters. The van der Waals surface area contributed by atoms with Crippen molar-refractivity contribution in [1.82, 2.24) is 0 Å². The lowest BCUT2D eigenvalue weighted by atomic mass is 10.2. The maximum Gasteiger partial charge on any atom is 0.339 e. The van der Waals surface area contributed by atoms with E-state index >= 15 is 0 Å². The quantitative estimate of drug-likeness (QED) is 0.599. The SMILES string of the molecule is CCOC(=O)c1cc(NC(=O)CN(c2ccccc2Br)S(C)(=O)=O)ccc1Cl. The molecule has 0 radical (unpaired) electrons. The van der Waals surface area contributed by atoms with Crippen molar-refractivity contribution in [3.63, 3.8) is 0 Å². The second kappa shape index (κ2) is 9.40. The van der Waals surface area contributed by atoms with Crippen LogP contribution in [0.4, 0.5) is 11.4 Å². The molecular formula is C18H18BrClN2O5S. The summed E-state index contributed by atoms with van der Waals surface area (Å²) < 4.78 is 30.8. The zero-order valence-electron chi connectivity index (χ0n) is 15.1. The van der Waals surface area contributed by atoms with Crippen LogP contribution >= 0.6 is 27.5 Å². The van der Waals surface area contributed by atoms with Crippen LogP contribution in [0.1, 0.15) is 17.3 Å². The Balaban J connectivity index is 2.23. The molecule has 0 aliphatic heterocycles. The number of rotatable bonds is 7. The van der Waals surface area contributed by atoms with Crippen LogP contribution in [0.5, 0.6) is 0 Å². The summed E-state index contributed by atoms with van der Waals surface area (Å²) in [4.78, 5) is 24.4. The number of nitrogens with one attached hydrogen (secondary N) is 1. The molecule has 0 saturated heterocycles. The molecule has 28 heavy (non-hydrogen) atoms. The third-order valence-electron chi connectivity index (χ3n) is 3.55. The third kappa shape index (κ3) is 5.70. The Kier molecular flexibility index (Phi) is 7.45. The number of anilines is 2. The molecule has 0 bridgehead atoms. The fraction of sp³-hybridized carbons (Fsp3) is 0.222. The van der Waals surface area contributed by atoms with Gasteiger partial charge in [0, 0.05) is 10.2 Å². The molecule has 0 aliphatic rings. The Morgan fingerprint density at radius 2 is 1.89 bits per heavy atom. The van der Waals surface area contributed by atoms with E-state index < -0.39 is 28.4 Å². The van der Waals surface area contributed by atoms with E-state index in [-0.39, 0.29) is 22.9 Å². The minimum Gasteiger partial charge on any atom is -0.462 e. The summed E-state index contributed by atoms with van der Waals surface area (Å²) in [6.45, 7) is 1.40. The maximum atomic E-state index is 12.5. The van der Waals surface area contributed by atoms with E-state index in [1.165, 1.54) is 18.2 Å². The molecule has 0 fully saturated rings. The molecule has 2 rings (SSSR count). The molecule has 150 valence electrons. The number of ether oxygens (including phenoxy) is 1. The Morgan fingerprint density at radius 3 is 2.50 bits per heavy atom. The largest absolute Gasteiger partial charge is 0.462 e. The number of benzene rings is 2. The van der Waals surface area contributed by atoms with Crippen LogP contribution in [0.15, 0.2) is 46.9 Å². The molecule has 0 heterocycles. The monoisotopic (exact) mass is 488 g/mol. The van der Waals surface area contributed by atoms with Gasteiger partial charge in [-0.05, 0) is 53.2 Å². The van der Waals surface area contributed by atoms with Crippen LogP contribution in [0.25, 0.3) is 0 Å². The first-order valence-corrected chi connectivity index (χ1v) is 11.1. The normalized spacial score (nSPS) is 11.0. The molecule has 2 aromatic rings. The van der Waals surface area contributed by atoms with Gasteiger partial charge in [-0.2, -0.15) is 0 Å². The van der Waals surface area contributed by atoms with Gasteiger partial charge in [-0.1, -0.05) is 23.7 Å². The van der Waals surface area contributed by atoms with Gasteiger partial charge in [0.05, 0.1) is 29.1 Å². The van der Waals surface area contributed by atoms with Gasteiger partial charge in [0.2, 0.25) is 15.9 Å². The number of carbonyl (C=O) groups is 2. The van der Waals surface area contributed by atoms with Crippen LogP contribution in [0.2, 0.25) is 5.02 Å².